The summed E-state index contributed by atoms with van der Waals surface area (Å²) in [5.41, 5.74) is 1.81. The third-order valence-electron chi connectivity index (χ3n) is 3.16. The van der Waals surface area contributed by atoms with Crippen LogP contribution in [0.25, 0.3) is 0 Å². The predicted octanol–water partition coefficient (Wildman–Crippen LogP) is 2.01. The number of pyridine rings is 2. The standard InChI is InChI=1S/C15H19FN4/c1-17-11-13-5-9-19-15(14(13)16)20(2)10-6-12-3-7-18-8-4-12/h3-5,7-9,17H,6,10-11H2,1-2H3. The van der Waals surface area contributed by atoms with E-state index in [1.165, 1.54) is 5.56 Å². The van der Waals surface area contributed by atoms with Crippen LogP contribution in [0.15, 0.2) is 36.8 Å². The van der Waals surface area contributed by atoms with Crippen LogP contribution in [0.4, 0.5) is 10.2 Å². The molecule has 2 heterocycles. The van der Waals surface area contributed by atoms with Crippen molar-refractivity contribution < 1.29 is 4.39 Å². The lowest BCUT2D eigenvalue weighted by molar-refractivity contribution is 0.589. The van der Waals surface area contributed by atoms with Crippen LogP contribution in [-0.2, 0) is 13.0 Å². The number of nitrogens with zero attached hydrogens (tertiary/aromatic N) is 3. The van der Waals surface area contributed by atoms with Crippen molar-refractivity contribution >= 4 is 5.82 Å². The third-order valence-corrected chi connectivity index (χ3v) is 3.16. The van der Waals surface area contributed by atoms with Gasteiger partial charge in [0.1, 0.15) is 0 Å². The largest absolute Gasteiger partial charge is 0.357 e. The molecule has 0 aliphatic rings. The Bertz CT molecular complexity index is 545. The molecule has 0 unspecified atom stereocenters. The van der Waals surface area contributed by atoms with Crippen molar-refractivity contribution in [2.45, 2.75) is 13.0 Å². The highest BCUT2D eigenvalue weighted by molar-refractivity contribution is 5.42. The Labute approximate surface area is 118 Å². The SMILES string of the molecule is CNCc1ccnc(N(C)CCc2ccncc2)c1F. The highest BCUT2D eigenvalue weighted by Crippen LogP contribution is 2.18. The van der Waals surface area contributed by atoms with E-state index >= 15 is 0 Å². The van der Waals surface area contributed by atoms with E-state index in [9.17, 15) is 4.39 Å². The molecule has 0 aliphatic heterocycles. The maximum Gasteiger partial charge on any atom is 0.170 e. The van der Waals surface area contributed by atoms with Gasteiger partial charge < -0.3 is 10.2 Å². The maximum atomic E-state index is 14.3. The van der Waals surface area contributed by atoms with Gasteiger partial charge in [-0.1, -0.05) is 0 Å². The lowest BCUT2D eigenvalue weighted by Gasteiger charge is -2.19. The number of aromatic nitrogens is 2. The van der Waals surface area contributed by atoms with Gasteiger partial charge in [0, 0.05) is 44.3 Å². The van der Waals surface area contributed by atoms with Crippen molar-refractivity contribution in [3.63, 3.8) is 0 Å². The topological polar surface area (TPSA) is 41.1 Å². The average Bonchev–Trinajstić information content (AvgIpc) is 2.48. The minimum Gasteiger partial charge on any atom is -0.357 e. The zero-order valence-corrected chi connectivity index (χ0v) is 11.8. The van der Waals surface area contributed by atoms with Gasteiger partial charge in [-0.15, -0.1) is 0 Å². The van der Waals surface area contributed by atoms with E-state index in [1.807, 2.05) is 24.1 Å². The summed E-state index contributed by atoms with van der Waals surface area (Å²) in [7, 11) is 3.66. The van der Waals surface area contributed by atoms with Crippen molar-refractivity contribution in [3.8, 4) is 0 Å². The molecule has 2 rings (SSSR count). The zero-order chi connectivity index (χ0) is 14.4. The van der Waals surface area contributed by atoms with Crippen molar-refractivity contribution in [3.05, 3.63) is 53.7 Å². The number of rotatable bonds is 6. The first-order valence-electron chi connectivity index (χ1n) is 6.60. The molecule has 0 spiro atoms. The number of hydrogen-bond donors (Lipinski definition) is 1. The van der Waals surface area contributed by atoms with Crippen molar-refractivity contribution in [2.75, 3.05) is 25.5 Å². The Hall–Kier alpha value is -2.01. The Morgan fingerprint density at radius 2 is 1.95 bits per heavy atom. The first-order valence-corrected chi connectivity index (χ1v) is 6.60. The zero-order valence-electron chi connectivity index (χ0n) is 11.8. The molecule has 0 radical (unpaired) electrons. The van der Waals surface area contributed by atoms with Crippen LogP contribution < -0.4 is 10.2 Å². The van der Waals surface area contributed by atoms with Gasteiger partial charge >= 0.3 is 0 Å². The van der Waals surface area contributed by atoms with Gasteiger partial charge in [-0.3, -0.25) is 4.98 Å². The monoisotopic (exact) mass is 274 g/mol. The predicted molar refractivity (Wildman–Crippen MR) is 78.2 cm³/mol. The molecule has 0 saturated carbocycles. The number of hydrogen-bond acceptors (Lipinski definition) is 4. The summed E-state index contributed by atoms with van der Waals surface area (Å²) < 4.78 is 14.3. The van der Waals surface area contributed by atoms with Gasteiger partial charge in [0.2, 0.25) is 0 Å². The first-order chi connectivity index (χ1) is 9.72. The molecular formula is C15H19FN4. The van der Waals surface area contributed by atoms with Gasteiger partial charge in [-0.2, -0.15) is 0 Å². The number of halogens is 1. The highest BCUT2D eigenvalue weighted by atomic mass is 19.1. The second kappa shape index (κ2) is 6.96. The number of anilines is 1. The fourth-order valence-electron chi connectivity index (χ4n) is 2.02. The van der Waals surface area contributed by atoms with E-state index in [2.05, 4.69) is 15.3 Å². The molecule has 2 aromatic rings. The molecule has 0 aromatic carbocycles. The van der Waals surface area contributed by atoms with Crippen LogP contribution in [0.3, 0.4) is 0 Å². The van der Waals surface area contributed by atoms with E-state index in [0.717, 1.165) is 6.42 Å². The molecule has 5 heteroatoms. The Kier molecular flexibility index (Phi) is 5.01. The quantitative estimate of drug-likeness (QED) is 0.875. The lowest BCUT2D eigenvalue weighted by atomic mass is 10.2. The second-order valence-electron chi connectivity index (χ2n) is 4.67. The summed E-state index contributed by atoms with van der Waals surface area (Å²) in [5, 5.41) is 2.96. The lowest BCUT2D eigenvalue weighted by Crippen LogP contribution is -2.23. The third kappa shape index (κ3) is 3.51. The molecular weight excluding hydrogens is 255 g/mol. The van der Waals surface area contributed by atoms with E-state index in [-0.39, 0.29) is 5.82 Å². The summed E-state index contributed by atoms with van der Waals surface area (Å²) >= 11 is 0. The van der Waals surface area contributed by atoms with Gasteiger partial charge in [0.05, 0.1) is 0 Å². The molecule has 0 fully saturated rings. The number of likely N-dealkylation sites (N-methyl/N-ethyl adjacent to an activating group) is 1. The summed E-state index contributed by atoms with van der Waals surface area (Å²) in [5.74, 6) is 0.144. The molecule has 4 nitrogen and oxygen atoms in total. The van der Waals surface area contributed by atoms with Crippen molar-refractivity contribution in [2.24, 2.45) is 0 Å². The van der Waals surface area contributed by atoms with E-state index in [4.69, 9.17) is 0 Å². The van der Waals surface area contributed by atoms with Crippen LogP contribution in [0.5, 0.6) is 0 Å². The van der Waals surface area contributed by atoms with Crippen molar-refractivity contribution in [1.29, 1.82) is 0 Å². The first kappa shape index (κ1) is 14.4. The van der Waals surface area contributed by atoms with Gasteiger partial charge in [0.15, 0.2) is 11.6 Å². The molecule has 0 amide bonds. The average molecular weight is 274 g/mol. The molecule has 20 heavy (non-hydrogen) atoms. The Morgan fingerprint density at radius 3 is 2.65 bits per heavy atom. The van der Waals surface area contributed by atoms with Crippen LogP contribution in [0.2, 0.25) is 0 Å². The molecule has 2 aromatic heterocycles. The summed E-state index contributed by atoms with van der Waals surface area (Å²) in [6.07, 6.45) is 6.01. The van der Waals surface area contributed by atoms with E-state index in [1.54, 1.807) is 31.7 Å². The van der Waals surface area contributed by atoms with Crippen LogP contribution >= 0.6 is 0 Å². The van der Waals surface area contributed by atoms with Crippen LogP contribution in [0.1, 0.15) is 11.1 Å². The summed E-state index contributed by atoms with van der Waals surface area (Å²) in [6, 6.07) is 5.64. The fourth-order valence-corrected chi connectivity index (χ4v) is 2.02. The fraction of sp³-hybridized carbons (Fsp3) is 0.333. The van der Waals surface area contributed by atoms with E-state index in [0.29, 0.717) is 24.5 Å². The van der Waals surface area contributed by atoms with Crippen LogP contribution in [0, 0.1) is 5.82 Å². The second-order valence-corrected chi connectivity index (χ2v) is 4.67. The Balaban J connectivity index is 2.05. The molecule has 0 saturated heterocycles. The van der Waals surface area contributed by atoms with Crippen LogP contribution in [-0.4, -0.2) is 30.6 Å². The smallest absolute Gasteiger partial charge is 0.170 e. The minimum atomic E-state index is -0.251. The van der Waals surface area contributed by atoms with Gasteiger partial charge in [-0.25, -0.2) is 9.37 Å². The normalized spacial score (nSPS) is 10.6. The molecule has 106 valence electrons. The van der Waals surface area contributed by atoms with E-state index < -0.39 is 0 Å². The maximum absolute atomic E-state index is 14.3. The number of nitrogens with one attached hydrogen (secondary N) is 1. The Morgan fingerprint density at radius 1 is 1.20 bits per heavy atom. The molecule has 0 atom stereocenters. The van der Waals surface area contributed by atoms with Gasteiger partial charge in [0.25, 0.3) is 0 Å². The molecule has 0 bridgehead atoms. The summed E-state index contributed by atoms with van der Waals surface area (Å²) in [6.45, 7) is 1.20. The molecule has 1 N–H and O–H groups in total. The minimum absolute atomic E-state index is 0.251. The van der Waals surface area contributed by atoms with Gasteiger partial charge in [-0.05, 0) is 37.2 Å². The summed E-state index contributed by atoms with van der Waals surface area (Å²) in [4.78, 5) is 9.97. The molecule has 0 aliphatic carbocycles. The van der Waals surface area contributed by atoms with Crippen molar-refractivity contribution in [1.82, 2.24) is 15.3 Å². The highest BCUT2D eigenvalue weighted by Gasteiger charge is 2.12.